The zero-order valence-electron chi connectivity index (χ0n) is 10.6. The molecule has 1 rings (SSSR count). The molecule has 4 heteroatoms. The predicted octanol–water partition coefficient (Wildman–Crippen LogP) is 2.28. The second-order valence-corrected chi connectivity index (χ2v) is 5.47. The molecule has 0 heterocycles. The summed E-state index contributed by atoms with van der Waals surface area (Å²) in [6.07, 6.45) is 4.77. The molecular weight excluding hydrogens is 238 g/mol. The maximum atomic E-state index is 9.72. The third kappa shape index (κ3) is 6.41. The molecule has 0 aliphatic heterocycles. The van der Waals surface area contributed by atoms with Gasteiger partial charge < -0.3 is 15.2 Å². The number of halogens is 1. The van der Waals surface area contributed by atoms with Crippen LogP contribution in [0.25, 0.3) is 0 Å². The highest BCUT2D eigenvalue weighted by Gasteiger charge is 2.22. The van der Waals surface area contributed by atoms with Crippen molar-refractivity contribution >= 4 is 11.6 Å². The van der Waals surface area contributed by atoms with Gasteiger partial charge in [0.1, 0.15) is 0 Å². The van der Waals surface area contributed by atoms with E-state index in [-0.39, 0.29) is 0 Å². The smallest absolute Gasteiger partial charge is 0.0897 e. The molecule has 1 aliphatic rings. The maximum absolute atomic E-state index is 9.72. The van der Waals surface area contributed by atoms with Gasteiger partial charge in [-0.2, -0.15) is 0 Å². The summed E-state index contributed by atoms with van der Waals surface area (Å²) in [4.78, 5) is 0. The van der Waals surface area contributed by atoms with Crippen molar-refractivity contribution in [2.45, 2.75) is 44.8 Å². The van der Waals surface area contributed by atoms with Crippen molar-refractivity contribution in [1.82, 2.24) is 5.32 Å². The molecule has 0 aromatic rings. The molecule has 1 fully saturated rings. The maximum Gasteiger partial charge on any atom is 0.0897 e. The Hall–Kier alpha value is -0.0900. The van der Waals surface area contributed by atoms with Crippen LogP contribution in [0, 0.1) is 5.92 Å². The fraction of sp³-hybridized carbons (Fsp3) is 0.846. The lowest BCUT2D eigenvalue weighted by Crippen LogP contribution is -2.34. The largest absolute Gasteiger partial charge is 0.389 e. The Morgan fingerprint density at radius 1 is 1.53 bits per heavy atom. The molecule has 3 nitrogen and oxygen atoms in total. The SMILES string of the molecule is C=C(Cl)CNCC(O)COC1CCCCC1C. The molecule has 1 aliphatic carbocycles. The van der Waals surface area contributed by atoms with E-state index in [1.807, 2.05) is 0 Å². The lowest BCUT2D eigenvalue weighted by Gasteiger charge is -2.29. The first-order chi connectivity index (χ1) is 8.09. The monoisotopic (exact) mass is 261 g/mol. The van der Waals surface area contributed by atoms with E-state index < -0.39 is 6.10 Å². The Balaban J connectivity index is 2.09. The van der Waals surface area contributed by atoms with Gasteiger partial charge >= 0.3 is 0 Å². The van der Waals surface area contributed by atoms with Crippen LogP contribution >= 0.6 is 11.6 Å². The first-order valence-electron chi connectivity index (χ1n) is 6.43. The Morgan fingerprint density at radius 2 is 2.24 bits per heavy atom. The highest BCUT2D eigenvalue weighted by Crippen LogP contribution is 2.26. The van der Waals surface area contributed by atoms with Crippen LogP contribution in [0.15, 0.2) is 11.6 Å². The number of rotatable bonds is 7. The lowest BCUT2D eigenvalue weighted by molar-refractivity contribution is -0.0449. The quantitative estimate of drug-likeness (QED) is 0.739. The first kappa shape index (κ1) is 15.0. The van der Waals surface area contributed by atoms with Crippen LogP contribution in [-0.4, -0.2) is 37.0 Å². The van der Waals surface area contributed by atoms with Gasteiger partial charge in [0.25, 0.3) is 0 Å². The summed E-state index contributed by atoms with van der Waals surface area (Å²) < 4.78 is 5.77. The van der Waals surface area contributed by atoms with E-state index in [4.69, 9.17) is 16.3 Å². The van der Waals surface area contributed by atoms with Crippen molar-refractivity contribution in [3.05, 3.63) is 11.6 Å². The molecule has 3 unspecified atom stereocenters. The summed E-state index contributed by atoms with van der Waals surface area (Å²) >= 11 is 5.61. The van der Waals surface area contributed by atoms with Gasteiger partial charge in [-0.1, -0.05) is 37.9 Å². The van der Waals surface area contributed by atoms with Gasteiger partial charge in [0.2, 0.25) is 0 Å². The molecule has 0 aromatic heterocycles. The molecule has 0 radical (unpaired) electrons. The van der Waals surface area contributed by atoms with Crippen LogP contribution in [0.3, 0.4) is 0 Å². The van der Waals surface area contributed by atoms with E-state index in [1.165, 1.54) is 19.3 Å². The van der Waals surface area contributed by atoms with Gasteiger partial charge in [-0.05, 0) is 18.8 Å². The second-order valence-electron chi connectivity index (χ2n) is 4.94. The van der Waals surface area contributed by atoms with E-state index in [9.17, 15) is 5.11 Å². The van der Waals surface area contributed by atoms with E-state index >= 15 is 0 Å². The van der Waals surface area contributed by atoms with Crippen LogP contribution in [0.5, 0.6) is 0 Å². The van der Waals surface area contributed by atoms with E-state index in [0.717, 1.165) is 6.42 Å². The molecule has 0 spiro atoms. The lowest BCUT2D eigenvalue weighted by atomic mass is 9.88. The average molecular weight is 262 g/mol. The van der Waals surface area contributed by atoms with Crippen LogP contribution in [0.1, 0.15) is 32.6 Å². The van der Waals surface area contributed by atoms with Crippen LogP contribution in [0.2, 0.25) is 0 Å². The minimum Gasteiger partial charge on any atom is -0.389 e. The van der Waals surface area contributed by atoms with Crippen molar-refractivity contribution in [3.63, 3.8) is 0 Å². The highest BCUT2D eigenvalue weighted by molar-refractivity contribution is 6.29. The van der Waals surface area contributed by atoms with Crippen molar-refractivity contribution < 1.29 is 9.84 Å². The first-order valence-corrected chi connectivity index (χ1v) is 6.81. The van der Waals surface area contributed by atoms with Crippen molar-refractivity contribution in [2.24, 2.45) is 5.92 Å². The molecule has 1 saturated carbocycles. The van der Waals surface area contributed by atoms with Gasteiger partial charge in [-0.3, -0.25) is 0 Å². The molecule has 0 amide bonds. The second kappa shape index (κ2) is 8.09. The van der Waals surface area contributed by atoms with E-state index in [2.05, 4.69) is 18.8 Å². The summed E-state index contributed by atoms with van der Waals surface area (Å²) in [5.74, 6) is 0.617. The Morgan fingerprint density at radius 3 is 2.88 bits per heavy atom. The fourth-order valence-electron chi connectivity index (χ4n) is 2.20. The number of ether oxygens (including phenoxy) is 1. The van der Waals surface area contributed by atoms with Crippen molar-refractivity contribution in [3.8, 4) is 0 Å². The number of hydrogen-bond acceptors (Lipinski definition) is 3. The highest BCUT2D eigenvalue weighted by atomic mass is 35.5. The molecular formula is C13H24ClNO2. The molecule has 100 valence electrons. The normalized spacial score (nSPS) is 26.8. The number of aliphatic hydroxyl groups is 1. The standard InChI is InChI=1S/C13H24ClNO2/c1-10-5-3-4-6-13(10)17-9-12(16)8-15-7-11(2)14/h10,12-13,15-16H,2-9H2,1H3. The Bertz CT molecular complexity index is 235. The van der Waals surface area contributed by atoms with Gasteiger partial charge in [-0.25, -0.2) is 0 Å². The topological polar surface area (TPSA) is 41.5 Å². The molecule has 17 heavy (non-hydrogen) atoms. The van der Waals surface area contributed by atoms with Gasteiger partial charge in [0, 0.05) is 18.1 Å². The number of hydrogen-bond donors (Lipinski definition) is 2. The van der Waals surface area contributed by atoms with Crippen molar-refractivity contribution in [2.75, 3.05) is 19.7 Å². The zero-order chi connectivity index (χ0) is 12.7. The number of aliphatic hydroxyl groups excluding tert-OH is 1. The Labute approximate surface area is 109 Å². The third-order valence-electron chi connectivity index (χ3n) is 3.23. The molecule has 0 aromatic carbocycles. The van der Waals surface area contributed by atoms with Gasteiger partial charge in [0.15, 0.2) is 0 Å². The van der Waals surface area contributed by atoms with Crippen LogP contribution in [0.4, 0.5) is 0 Å². The summed E-state index contributed by atoms with van der Waals surface area (Å²) in [5, 5.41) is 13.3. The molecule has 0 bridgehead atoms. The summed E-state index contributed by atoms with van der Waals surface area (Å²) in [7, 11) is 0. The minimum atomic E-state index is -0.472. The Kier molecular flexibility index (Phi) is 7.12. The average Bonchev–Trinajstić information content (AvgIpc) is 2.27. The molecule has 2 N–H and O–H groups in total. The number of nitrogens with one attached hydrogen (secondary N) is 1. The minimum absolute atomic E-state index is 0.321. The molecule has 3 atom stereocenters. The van der Waals surface area contributed by atoms with Crippen LogP contribution < -0.4 is 5.32 Å². The fourth-order valence-corrected chi connectivity index (χ4v) is 2.29. The summed E-state index contributed by atoms with van der Waals surface area (Å²) in [6, 6.07) is 0. The summed E-state index contributed by atoms with van der Waals surface area (Å²) in [5.41, 5.74) is 0. The van der Waals surface area contributed by atoms with Gasteiger partial charge in [-0.15, -0.1) is 0 Å². The van der Waals surface area contributed by atoms with E-state index in [1.54, 1.807) is 0 Å². The zero-order valence-corrected chi connectivity index (χ0v) is 11.4. The van der Waals surface area contributed by atoms with Crippen LogP contribution in [-0.2, 0) is 4.74 Å². The predicted molar refractivity (Wildman–Crippen MR) is 71.2 cm³/mol. The third-order valence-corrected chi connectivity index (χ3v) is 3.37. The van der Waals surface area contributed by atoms with E-state index in [0.29, 0.717) is 36.8 Å². The van der Waals surface area contributed by atoms with Gasteiger partial charge in [0.05, 0.1) is 18.8 Å². The summed E-state index contributed by atoms with van der Waals surface area (Å²) in [6.45, 7) is 7.22. The molecule has 0 saturated heterocycles. The van der Waals surface area contributed by atoms with Crippen molar-refractivity contribution in [1.29, 1.82) is 0 Å².